The second kappa shape index (κ2) is 4.90. The summed E-state index contributed by atoms with van der Waals surface area (Å²) in [6.45, 7) is 0. The van der Waals surface area contributed by atoms with Crippen molar-refractivity contribution in [1.29, 1.82) is 0 Å². The molecule has 4 aromatic rings. The summed E-state index contributed by atoms with van der Waals surface area (Å²) in [5.41, 5.74) is 11.0. The molecular formula is C18H16N6O. The van der Waals surface area contributed by atoms with Crippen molar-refractivity contribution in [3.63, 3.8) is 0 Å². The molecule has 7 nitrogen and oxygen atoms in total. The van der Waals surface area contributed by atoms with Crippen molar-refractivity contribution in [2.75, 3.05) is 0 Å². The molecule has 0 aliphatic carbocycles. The summed E-state index contributed by atoms with van der Waals surface area (Å²) in [4.78, 5) is 12.1. The third-order valence-corrected chi connectivity index (χ3v) is 4.77. The first-order valence-electron chi connectivity index (χ1n) is 8.11. The van der Waals surface area contributed by atoms with Crippen LogP contribution in [0, 0.1) is 0 Å². The molecule has 0 saturated carbocycles. The summed E-state index contributed by atoms with van der Waals surface area (Å²) in [5, 5.41) is 12.1. The van der Waals surface area contributed by atoms with Crippen molar-refractivity contribution < 1.29 is 0 Å². The summed E-state index contributed by atoms with van der Waals surface area (Å²) >= 11 is 0. The smallest absolute Gasteiger partial charge is 0.321 e. The van der Waals surface area contributed by atoms with Gasteiger partial charge in [-0.25, -0.2) is 14.5 Å². The summed E-state index contributed by atoms with van der Waals surface area (Å²) in [5.74, 6) is 0.583. The second-order valence-corrected chi connectivity index (χ2v) is 6.42. The Morgan fingerprint density at radius 2 is 2.16 bits per heavy atom. The third kappa shape index (κ3) is 1.99. The number of hydrogen-bond acceptors (Lipinski definition) is 4. The molecule has 25 heavy (non-hydrogen) atoms. The minimum Gasteiger partial charge on any atom is -0.321 e. The van der Waals surface area contributed by atoms with Crippen LogP contribution in [0.1, 0.15) is 17.4 Å². The van der Waals surface area contributed by atoms with Crippen LogP contribution in [0.3, 0.4) is 0 Å². The predicted molar refractivity (Wildman–Crippen MR) is 94.5 cm³/mol. The first-order chi connectivity index (χ1) is 12.1. The van der Waals surface area contributed by atoms with Gasteiger partial charge in [0.1, 0.15) is 0 Å². The number of fused-ring (bicyclic) bond motifs is 4. The van der Waals surface area contributed by atoms with Crippen molar-refractivity contribution >= 4 is 10.9 Å². The van der Waals surface area contributed by atoms with Crippen molar-refractivity contribution in [2.24, 2.45) is 12.8 Å². The molecule has 3 heterocycles. The zero-order valence-electron chi connectivity index (χ0n) is 13.6. The first kappa shape index (κ1) is 14.2. The lowest BCUT2D eigenvalue weighted by Gasteiger charge is -2.22. The Hall–Kier alpha value is -3.19. The van der Waals surface area contributed by atoms with Crippen LogP contribution >= 0.6 is 0 Å². The average molecular weight is 332 g/mol. The van der Waals surface area contributed by atoms with E-state index in [4.69, 9.17) is 5.73 Å². The standard InChI is InChI=1S/C18H16N6O/c1-23-9-13-12(3-2-4-15(13)22-23)10-5-6-16-11(7-10)8-14(19)17-20-21-18(25)24(16)17/h2-7,9,14H,8,19H2,1H3,(H,21,25). The number of aromatic nitrogens is 5. The molecule has 2 aromatic carbocycles. The van der Waals surface area contributed by atoms with Gasteiger partial charge in [0.25, 0.3) is 0 Å². The Bertz CT molecular complexity index is 1180. The molecule has 5 rings (SSSR count). The van der Waals surface area contributed by atoms with Crippen molar-refractivity contribution in [2.45, 2.75) is 12.5 Å². The number of nitrogens with one attached hydrogen (secondary N) is 1. The molecular weight excluding hydrogens is 316 g/mol. The van der Waals surface area contributed by atoms with Gasteiger partial charge in [0, 0.05) is 18.6 Å². The van der Waals surface area contributed by atoms with Gasteiger partial charge in [0.05, 0.1) is 17.2 Å². The fraction of sp³-hybridized carbons (Fsp3) is 0.167. The molecule has 2 aromatic heterocycles. The van der Waals surface area contributed by atoms with Gasteiger partial charge >= 0.3 is 5.69 Å². The Labute approximate surface area is 142 Å². The quantitative estimate of drug-likeness (QED) is 0.554. The molecule has 0 amide bonds. The van der Waals surface area contributed by atoms with E-state index in [1.54, 1.807) is 4.57 Å². The Morgan fingerprint density at radius 3 is 3.04 bits per heavy atom. The minimum atomic E-state index is -0.295. The van der Waals surface area contributed by atoms with Crippen LogP contribution in [0.5, 0.6) is 0 Å². The molecule has 0 radical (unpaired) electrons. The molecule has 1 unspecified atom stereocenters. The minimum absolute atomic E-state index is 0.256. The molecule has 0 spiro atoms. The van der Waals surface area contributed by atoms with E-state index >= 15 is 0 Å². The fourth-order valence-corrected chi connectivity index (χ4v) is 3.67. The highest BCUT2D eigenvalue weighted by Crippen LogP contribution is 2.33. The highest BCUT2D eigenvalue weighted by Gasteiger charge is 2.26. The molecule has 1 aliphatic heterocycles. The van der Waals surface area contributed by atoms with Gasteiger partial charge in [0.2, 0.25) is 0 Å². The van der Waals surface area contributed by atoms with Gasteiger partial charge in [-0.05, 0) is 41.3 Å². The van der Waals surface area contributed by atoms with Crippen molar-refractivity contribution in [3.05, 3.63) is 64.5 Å². The highest BCUT2D eigenvalue weighted by molar-refractivity contribution is 5.94. The molecule has 124 valence electrons. The third-order valence-electron chi connectivity index (χ3n) is 4.77. The summed E-state index contributed by atoms with van der Waals surface area (Å²) < 4.78 is 3.39. The van der Waals surface area contributed by atoms with Crippen LogP contribution in [0.25, 0.3) is 27.7 Å². The topological polar surface area (TPSA) is 94.5 Å². The number of hydrogen-bond donors (Lipinski definition) is 2. The molecule has 1 atom stereocenters. The Kier molecular flexibility index (Phi) is 2.78. The average Bonchev–Trinajstić information content (AvgIpc) is 3.17. The Balaban J connectivity index is 1.73. The number of H-pyrrole nitrogens is 1. The molecule has 3 N–H and O–H groups in total. The van der Waals surface area contributed by atoms with Crippen molar-refractivity contribution in [3.8, 4) is 16.8 Å². The van der Waals surface area contributed by atoms with Crippen LogP contribution in [-0.4, -0.2) is 24.5 Å². The van der Waals surface area contributed by atoms with Crippen LogP contribution < -0.4 is 11.4 Å². The predicted octanol–water partition coefficient (Wildman–Crippen LogP) is 1.67. The van der Waals surface area contributed by atoms with Gasteiger partial charge in [-0.3, -0.25) is 4.68 Å². The lowest BCUT2D eigenvalue weighted by molar-refractivity contribution is 0.619. The van der Waals surface area contributed by atoms with Gasteiger partial charge in [-0.1, -0.05) is 18.2 Å². The van der Waals surface area contributed by atoms with E-state index in [9.17, 15) is 4.79 Å². The second-order valence-electron chi connectivity index (χ2n) is 6.42. The molecule has 0 saturated heterocycles. The van der Waals surface area contributed by atoms with E-state index < -0.39 is 0 Å². The number of rotatable bonds is 1. The van der Waals surface area contributed by atoms with E-state index in [-0.39, 0.29) is 11.7 Å². The van der Waals surface area contributed by atoms with E-state index in [1.165, 1.54) is 0 Å². The number of nitrogens with zero attached hydrogens (tertiary/aromatic N) is 4. The number of nitrogens with two attached hydrogens (primary N) is 1. The number of aryl methyl sites for hydroxylation is 1. The van der Waals surface area contributed by atoms with Gasteiger partial charge in [0.15, 0.2) is 5.82 Å². The van der Waals surface area contributed by atoms with Crippen molar-refractivity contribution in [1.82, 2.24) is 24.5 Å². The lowest BCUT2D eigenvalue weighted by Crippen LogP contribution is -2.28. The van der Waals surface area contributed by atoms with E-state index in [1.807, 2.05) is 42.2 Å². The van der Waals surface area contributed by atoms with E-state index in [0.717, 1.165) is 33.3 Å². The van der Waals surface area contributed by atoms with Crippen LogP contribution in [0.4, 0.5) is 0 Å². The maximum Gasteiger partial charge on any atom is 0.347 e. The summed E-state index contributed by atoms with van der Waals surface area (Å²) in [7, 11) is 1.92. The van der Waals surface area contributed by atoms with Gasteiger partial charge in [-0.2, -0.15) is 10.2 Å². The Morgan fingerprint density at radius 1 is 1.28 bits per heavy atom. The summed E-state index contributed by atoms with van der Waals surface area (Å²) in [6, 6.07) is 11.9. The lowest BCUT2D eigenvalue weighted by atomic mass is 9.94. The summed E-state index contributed by atoms with van der Waals surface area (Å²) in [6.07, 6.45) is 2.67. The zero-order valence-corrected chi connectivity index (χ0v) is 13.6. The SMILES string of the molecule is Cn1cc2c(-c3ccc4c(c3)CC(N)c3n[nH]c(=O)n3-4)cccc2n1. The van der Waals surface area contributed by atoms with Gasteiger partial charge in [-0.15, -0.1) is 0 Å². The molecule has 0 bridgehead atoms. The van der Waals surface area contributed by atoms with E-state index in [0.29, 0.717) is 12.2 Å². The monoisotopic (exact) mass is 332 g/mol. The molecule has 0 fully saturated rings. The van der Waals surface area contributed by atoms with Crippen LogP contribution in [-0.2, 0) is 13.5 Å². The maximum absolute atomic E-state index is 12.1. The maximum atomic E-state index is 12.1. The van der Waals surface area contributed by atoms with Crippen LogP contribution in [0.15, 0.2) is 47.4 Å². The van der Waals surface area contributed by atoms with Gasteiger partial charge < -0.3 is 5.73 Å². The normalized spacial score (nSPS) is 16.0. The first-order valence-corrected chi connectivity index (χ1v) is 8.11. The number of aromatic amines is 1. The molecule has 1 aliphatic rings. The molecule has 7 heteroatoms. The highest BCUT2D eigenvalue weighted by atomic mass is 16.1. The largest absolute Gasteiger partial charge is 0.347 e. The van der Waals surface area contributed by atoms with E-state index in [2.05, 4.69) is 27.4 Å². The van der Waals surface area contributed by atoms with Crippen LogP contribution in [0.2, 0.25) is 0 Å². The zero-order chi connectivity index (χ0) is 17.1. The number of benzene rings is 2. The fourth-order valence-electron chi connectivity index (χ4n) is 3.67.